The largest absolute Gasteiger partial charge is 0.392 e. The monoisotopic (exact) mass is 310 g/mol. The summed E-state index contributed by atoms with van der Waals surface area (Å²) in [5.41, 5.74) is 4.69. The number of likely N-dealkylation sites (N-methyl/N-ethyl adjacent to an activating group) is 1. The zero-order chi connectivity index (χ0) is 16.2. The summed E-state index contributed by atoms with van der Waals surface area (Å²) in [4.78, 5) is 4.86. The van der Waals surface area contributed by atoms with Crippen LogP contribution in [0.15, 0.2) is 48.5 Å². The summed E-state index contributed by atoms with van der Waals surface area (Å²) >= 11 is 0. The van der Waals surface area contributed by atoms with Gasteiger partial charge < -0.3 is 10.0 Å². The second kappa shape index (κ2) is 7.26. The van der Waals surface area contributed by atoms with E-state index in [4.69, 9.17) is 0 Å². The van der Waals surface area contributed by atoms with E-state index in [0.717, 1.165) is 24.2 Å². The average molecular weight is 310 g/mol. The number of aliphatic hydroxyl groups is 1. The van der Waals surface area contributed by atoms with Crippen LogP contribution in [0, 0.1) is 0 Å². The number of hydrogen-bond donors (Lipinski definition) is 1. The summed E-state index contributed by atoms with van der Waals surface area (Å²) in [7, 11) is 4.34. The van der Waals surface area contributed by atoms with Crippen molar-refractivity contribution in [1.82, 2.24) is 9.80 Å². The van der Waals surface area contributed by atoms with Crippen molar-refractivity contribution >= 4 is 0 Å². The number of likely N-dealkylation sites (tertiary alicyclic amines) is 1. The van der Waals surface area contributed by atoms with Crippen LogP contribution in [0.1, 0.15) is 17.5 Å². The van der Waals surface area contributed by atoms with E-state index in [-0.39, 0.29) is 6.61 Å². The van der Waals surface area contributed by atoms with Crippen LogP contribution in [0.3, 0.4) is 0 Å². The van der Waals surface area contributed by atoms with Gasteiger partial charge in [0.1, 0.15) is 0 Å². The predicted molar refractivity (Wildman–Crippen MR) is 95.2 cm³/mol. The van der Waals surface area contributed by atoms with E-state index < -0.39 is 0 Å². The van der Waals surface area contributed by atoms with E-state index >= 15 is 0 Å². The minimum absolute atomic E-state index is 0.0912. The molecule has 1 atom stereocenters. The lowest BCUT2D eigenvalue weighted by Gasteiger charge is -2.20. The molecule has 1 aliphatic heterocycles. The molecule has 1 aliphatic rings. The Morgan fingerprint density at radius 3 is 2.48 bits per heavy atom. The summed E-state index contributed by atoms with van der Waals surface area (Å²) in [6.07, 6.45) is 1.26. The Hall–Kier alpha value is -1.68. The van der Waals surface area contributed by atoms with Crippen LogP contribution in [0.25, 0.3) is 11.1 Å². The first kappa shape index (κ1) is 16.2. The van der Waals surface area contributed by atoms with Crippen molar-refractivity contribution in [3.63, 3.8) is 0 Å². The van der Waals surface area contributed by atoms with Gasteiger partial charge in [-0.05, 0) is 48.8 Å². The lowest BCUT2D eigenvalue weighted by Crippen LogP contribution is -2.31. The maximum Gasteiger partial charge on any atom is 0.0682 e. The topological polar surface area (TPSA) is 26.7 Å². The van der Waals surface area contributed by atoms with Crippen molar-refractivity contribution in [3.8, 4) is 11.1 Å². The maximum atomic E-state index is 9.26. The molecular weight excluding hydrogens is 284 g/mol. The molecule has 0 radical (unpaired) electrons. The molecule has 122 valence electrons. The number of rotatable bonds is 5. The third kappa shape index (κ3) is 3.99. The van der Waals surface area contributed by atoms with Gasteiger partial charge in [-0.15, -0.1) is 0 Å². The predicted octanol–water partition coefficient (Wildman–Crippen LogP) is 2.98. The minimum atomic E-state index is 0.0912. The maximum absolute atomic E-state index is 9.26. The molecule has 2 aromatic rings. The number of nitrogens with zero attached hydrogens (tertiary/aromatic N) is 2. The third-order valence-corrected chi connectivity index (χ3v) is 4.78. The molecule has 3 rings (SSSR count). The summed E-state index contributed by atoms with van der Waals surface area (Å²) < 4.78 is 0. The van der Waals surface area contributed by atoms with Gasteiger partial charge in [0.05, 0.1) is 6.61 Å². The molecule has 1 unspecified atom stereocenters. The van der Waals surface area contributed by atoms with Gasteiger partial charge >= 0.3 is 0 Å². The molecule has 23 heavy (non-hydrogen) atoms. The molecule has 3 heteroatoms. The quantitative estimate of drug-likeness (QED) is 0.920. The molecule has 1 fully saturated rings. The van der Waals surface area contributed by atoms with Crippen molar-refractivity contribution < 1.29 is 5.11 Å². The molecule has 0 aliphatic carbocycles. The zero-order valence-corrected chi connectivity index (χ0v) is 14.1. The van der Waals surface area contributed by atoms with Crippen LogP contribution in [0.4, 0.5) is 0 Å². The van der Waals surface area contributed by atoms with E-state index in [1.54, 1.807) is 0 Å². The molecule has 1 saturated heterocycles. The zero-order valence-electron chi connectivity index (χ0n) is 14.1. The molecule has 1 heterocycles. The van der Waals surface area contributed by atoms with Gasteiger partial charge in [0.2, 0.25) is 0 Å². The van der Waals surface area contributed by atoms with Crippen molar-refractivity contribution in [2.75, 3.05) is 27.2 Å². The highest BCUT2D eigenvalue weighted by molar-refractivity contribution is 5.64. The first-order chi connectivity index (χ1) is 11.2. The van der Waals surface area contributed by atoms with Gasteiger partial charge in [-0.2, -0.15) is 0 Å². The smallest absolute Gasteiger partial charge is 0.0682 e. The molecule has 0 aromatic heterocycles. The Balaban J connectivity index is 1.65. The molecule has 2 aromatic carbocycles. The van der Waals surface area contributed by atoms with E-state index in [0.29, 0.717) is 6.04 Å². The van der Waals surface area contributed by atoms with Gasteiger partial charge in [-0.25, -0.2) is 0 Å². The second-order valence-corrected chi connectivity index (χ2v) is 6.70. The molecule has 0 bridgehead atoms. The fraction of sp³-hybridized carbons (Fsp3) is 0.400. The van der Waals surface area contributed by atoms with Gasteiger partial charge in [-0.3, -0.25) is 4.90 Å². The standard InChI is InChI=1S/C20H26N2O/c1-21(2)20-10-11-22(14-20)13-16-6-8-18(9-7-16)19-5-3-4-17(12-19)15-23/h3-9,12,20,23H,10-11,13-15H2,1-2H3. The highest BCUT2D eigenvalue weighted by atomic mass is 16.3. The molecule has 0 spiro atoms. The fourth-order valence-corrected chi connectivity index (χ4v) is 3.29. The van der Waals surface area contributed by atoms with Crippen molar-refractivity contribution in [2.45, 2.75) is 25.6 Å². The SMILES string of the molecule is CN(C)C1CCN(Cc2ccc(-c3cccc(CO)c3)cc2)C1. The average Bonchev–Trinajstić information content (AvgIpc) is 3.04. The minimum Gasteiger partial charge on any atom is -0.392 e. The van der Waals surface area contributed by atoms with Crippen molar-refractivity contribution in [2.24, 2.45) is 0 Å². The Morgan fingerprint density at radius 1 is 1.04 bits per heavy atom. The van der Waals surface area contributed by atoms with Crippen LogP contribution in [-0.2, 0) is 13.2 Å². The number of aliphatic hydroxyl groups excluding tert-OH is 1. The van der Waals surface area contributed by atoms with Crippen LogP contribution in [0.5, 0.6) is 0 Å². The lowest BCUT2D eigenvalue weighted by atomic mass is 10.0. The van der Waals surface area contributed by atoms with Crippen LogP contribution in [-0.4, -0.2) is 48.1 Å². The first-order valence-electron chi connectivity index (χ1n) is 8.33. The van der Waals surface area contributed by atoms with Gasteiger partial charge in [-0.1, -0.05) is 42.5 Å². The lowest BCUT2D eigenvalue weighted by molar-refractivity contribution is 0.264. The Kier molecular flexibility index (Phi) is 5.11. The highest BCUT2D eigenvalue weighted by Crippen LogP contribution is 2.22. The van der Waals surface area contributed by atoms with E-state index in [1.165, 1.54) is 24.1 Å². The van der Waals surface area contributed by atoms with E-state index in [9.17, 15) is 5.11 Å². The van der Waals surface area contributed by atoms with Crippen molar-refractivity contribution in [1.29, 1.82) is 0 Å². The fourth-order valence-electron chi connectivity index (χ4n) is 3.29. The van der Waals surface area contributed by atoms with Gasteiger partial charge in [0, 0.05) is 25.7 Å². The normalized spacial score (nSPS) is 18.7. The molecule has 1 N–H and O–H groups in total. The number of benzene rings is 2. The number of hydrogen-bond acceptors (Lipinski definition) is 3. The summed E-state index contributed by atoms with van der Waals surface area (Å²) in [6, 6.07) is 17.6. The molecule has 0 amide bonds. The first-order valence-corrected chi connectivity index (χ1v) is 8.33. The van der Waals surface area contributed by atoms with E-state index in [2.05, 4.69) is 60.3 Å². The van der Waals surface area contributed by atoms with E-state index in [1.807, 2.05) is 12.1 Å². The van der Waals surface area contributed by atoms with Gasteiger partial charge in [0.25, 0.3) is 0 Å². The van der Waals surface area contributed by atoms with Gasteiger partial charge in [0.15, 0.2) is 0 Å². The second-order valence-electron chi connectivity index (χ2n) is 6.70. The highest BCUT2D eigenvalue weighted by Gasteiger charge is 2.23. The molecular formula is C20H26N2O. The summed E-state index contributed by atoms with van der Waals surface area (Å²) in [5, 5.41) is 9.26. The third-order valence-electron chi connectivity index (χ3n) is 4.78. The summed E-state index contributed by atoms with van der Waals surface area (Å²) in [6.45, 7) is 3.46. The molecule has 3 nitrogen and oxygen atoms in total. The van der Waals surface area contributed by atoms with Crippen molar-refractivity contribution in [3.05, 3.63) is 59.7 Å². The Labute approximate surface area is 139 Å². The Morgan fingerprint density at radius 2 is 1.83 bits per heavy atom. The summed E-state index contributed by atoms with van der Waals surface area (Å²) in [5.74, 6) is 0. The molecule has 0 saturated carbocycles. The van der Waals surface area contributed by atoms with Crippen LogP contribution < -0.4 is 0 Å². The Bertz CT molecular complexity index is 636. The van der Waals surface area contributed by atoms with Crippen LogP contribution >= 0.6 is 0 Å². The van der Waals surface area contributed by atoms with Crippen LogP contribution in [0.2, 0.25) is 0 Å².